The summed E-state index contributed by atoms with van der Waals surface area (Å²) in [7, 11) is 3.60. The highest BCUT2D eigenvalue weighted by Crippen LogP contribution is 2.24. The van der Waals surface area contributed by atoms with Gasteiger partial charge in [-0.2, -0.15) is 0 Å². The van der Waals surface area contributed by atoms with Crippen molar-refractivity contribution in [1.82, 2.24) is 4.90 Å². The van der Waals surface area contributed by atoms with Crippen molar-refractivity contribution >= 4 is 11.6 Å². The zero-order valence-corrected chi connectivity index (χ0v) is 11.7. The number of hydrogen-bond donors (Lipinski definition) is 1. The monoisotopic (exact) mass is 274 g/mol. The van der Waals surface area contributed by atoms with E-state index in [4.69, 9.17) is 22.1 Å². The molecule has 2 N–H and O–H groups in total. The zero-order chi connectivity index (χ0) is 13.7. The summed E-state index contributed by atoms with van der Waals surface area (Å²) in [5.41, 5.74) is 6.58. The van der Waals surface area contributed by atoms with Gasteiger partial charge in [0.1, 0.15) is 5.82 Å². The van der Waals surface area contributed by atoms with Gasteiger partial charge in [-0.05, 0) is 37.7 Å². The van der Waals surface area contributed by atoms with Gasteiger partial charge in [-0.3, -0.25) is 4.90 Å². The molecule has 0 spiro atoms. The number of nitrogens with two attached hydrogens (primary N) is 1. The predicted molar refractivity (Wildman–Crippen MR) is 72.3 cm³/mol. The van der Waals surface area contributed by atoms with Crippen LogP contribution in [-0.2, 0) is 4.74 Å². The van der Waals surface area contributed by atoms with E-state index in [2.05, 4.69) is 4.90 Å². The van der Waals surface area contributed by atoms with Crippen molar-refractivity contribution in [3.8, 4) is 0 Å². The molecule has 1 aromatic carbocycles. The second kappa shape index (κ2) is 7.04. The van der Waals surface area contributed by atoms with Crippen molar-refractivity contribution in [2.75, 3.05) is 27.3 Å². The van der Waals surface area contributed by atoms with Crippen LogP contribution in [0.3, 0.4) is 0 Å². The van der Waals surface area contributed by atoms with Crippen LogP contribution in [0.2, 0.25) is 5.02 Å². The number of likely N-dealkylation sites (N-methyl/N-ethyl adjacent to an activating group) is 1. The molecular weight excluding hydrogens is 255 g/mol. The summed E-state index contributed by atoms with van der Waals surface area (Å²) in [5.74, 6) is -0.344. The molecule has 18 heavy (non-hydrogen) atoms. The van der Waals surface area contributed by atoms with Crippen molar-refractivity contribution in [3.63, 3.8) is 0 Å². The van der Waals surface area contributed by atoms with Crippen molar-refractivity contribution in [2.24, 2.45) is 5.73 Å². The van der Waals surface area contributed by atoms with Gasteiger partial charge in [0, 0.05) is 30.8 Å². The van der Waals surface area contributed by atoms with E-state index in [1.54, 1.807) is 13.2 Å². The van der Waals surface area contributed by atoms with E-state index in [1.807, 2.05) is 14.0 Å². The lowest BCUT2D eigenvalue weighted by molar-refractivity contribution is 0.0909. The van der Waals surface area contributed by atoms with Gasteiger partial charge in [0.15, 0.2) is 0 Å². The molecule has 0 saturated carbocycles. The minimum atomic E-state index is -0.344. The first kappa shape index (κ1) is 15.4. The smallest absolute Gasteiger partial charge is 0.125 e. The lowest BCUT2D eigenvalue weighted by Gasteiger charge is -2.32. The van der Waals surface area contributed by atoms with Crippen LogP contribution in [0, 0.1) is 5.82 Å². The van der Waals surface area contributed by atoms with Crippen LogP contribution in [0.25, 0.3) is 0 Å². The summed E-state index contributed by atoms with van der Waals surface area (Å²) in [6.07, 6.45) is 0. The van der Waals surface area contributed by atoms with Crippen LogP contribution in [0.4, 0.5) is 4.39 Å². The molecule has 2 unspecified atom stereocenters. The number of hydrogen-bond acceptors (Lipinski definition) is 3. The summed E-state index contributed by atoms with van der Waals surface area (Å²) >= 11 is 5.87. The molecule has 0 radical (unpaired) electrons. The first-order chi connectivity index (χ1) is 8.49. The number of methoxy groups -OCH3 is 1. The molecule has 0 amide bonds. The SMILES string of the molecule is COCC(C)N(C)C(CN)c1cc(F)cc(Cl)c1. The first-order valence-corrected chi connectivity index (χ1v) is 6.24. The van der Waals surface area contributed by atoms with E-state index in [0.717, 1.165) is 5.56 Å². The lowest BCUT2D eigenvalue weighted by Crippen LogP contribution is -2.39. The molecule has 3 nitrogen and oxygen atoms in total. The molecule has 0 aromatic heterocycles. The molecule has 5 heteroatoms. The fourth-order valence-corrected chi connectivity index (χ4v) is 2.20. The Morgan fingerprint density at radius 3 is 2.61 bits per heavy atom. The van der Waals surface area contributed by atoms with E-state index < -0.39 is 0 Å². The minimum Gasteiger partial charge on any atom is -0.383 e. The van der Waals surface area contributed by atoms with Crippen molar-refractivity contribution < 1.29 is 9.13 Å². The maximum absolute atomic E-state index is 13.4. The molecule has 0 aliphatic heterocycles. The molecule has 102 valence electrons. The van der Waals surface area contributed by atoms with E-state index in [-0.39, 0.29) is 17.9 Å². The highest BCUT2D eigenvalue weighted by molar-refractivity contribution is 6.30. The molecule has 0 aliphatic carbocycles. The topological polar surface area (TPSA) is 38.5 Å². The Morgan fingerprint density at radius 1 is 1.44 bits per heavy atom. The normalized spacial score (nSPS) is 14.8. The van der Waals surface area contributed by atoms with Gasteiger partial charge < -0.3 is 10.5 Å². The minimum absolute atomic E-state index is 0.0802. The van der Waals surface area contributed by atoms with Crippen LogP contribution in [0.5, 0.6) is 0 Å². The molecule has 1 aromatic rings. The van der Waals surface area contributed by atoms with Crippen LogP contribution < -0.4 is 5.73 Å². The predicted octanol–water partition coefficient (Wildman–Crippen LogP) is 2.45. The van der Waals surface area contributed by atoms with Gasteiger partial charge in [0.25, 0.3) is 0 Å². The van der Waals surface area contributed by atoms with Gasteiger partial charge in [-0.25, -0.2) is 4.39 Å². The number of rotatable bonds is 6. The second-order valence-corrected chi connectivity index (χ2v) is 4.86. The molecule has 0 bridgehead atoms. The Bertz CT molecular complexity index is 369. The Labute approximate surface area is 113 Å². The highest BCUT2D eigenvalue weighted by Gasteiger charge is 2.21. The van der Waals surface area contributed by atoms with Gasteiger partial charge in [-0.1, -0.05) is 11.6 Å². The van der Waals surface area contributed by atoms with Crippen molar-refractivity contribution in [1.29, 1.82) is 0 Å². The maximum Gasteiger partial charge on any atom is 0.125 e. The molecule has 0 heterocycles. The molecule has 0 fully saturated rings. The third-order valence-corrected chi connectivity index (χ3v) is 3.31. The average molecular weight is 275 g/mol. The Kier molecular flexibility index (Phi) is 6.02. The Morgan fingerprint density at radius 2 is 2.11 bits per heavy atom. The van der Waals surface area contributed by atoms with Gasteiger partial charge in [0.2, 0.25) is 0 Å². The quantitative estimate of drug-likeness (QED) is 0.866. The van der Waals surface area contributed by atoms with Crippen LogP contribution in [0.15, 0.2) is 18.2 Å². The maximum atomic E-state index is 13.4. The van der Waals surface area contributed by atoms with Crippen LogP contribution >= 0.6 is 11.6 Å². The summed E-state index contributed by atoms with van der Waals surface area (Å²) in [6.45, 7) is 3.02. The number of nitrogens with zero attached hydrogens (tertiary/aromatic N) is 1. The fraction of sp³-hybridized carbons (Fsp3) is 0.538. The number of ether oxygens (including phenoxy) is 1. The van der Waals surface area contributed by atoms with Gasteiger partial charge in [-0.15, -0.1) is 0 Å². The Balaban J connectivity index is 2.94. The van der Waals surface area contributed by atoms with Crippen LogP contribution in [0.1, 0.15) is 18.5 Å². The van der Waals surface area contributed by atoms with E-state index >= 15 is 0 Å². The summed E-state index contributed by atoms with van der Waals surface area (Å²) in [4.78, 5) is 2.06. The molecule has 0 aliphatic rings. The standard InChI is InChI=1S/C13H20ClFN2O/c1-9(8-18-3)17(2)13(7-16)10-4-11(14)6-12(15)5-10/h4-6,9,13H,7-8,16H2,1-3H3. The summed E-state index contributed by atoms with van der Waals surface area (Å²) in [5, 5.41) is 0.385. The molecule has 0 saturated heterocycles. The van der Waals surface area contributed by atoms with E-state index in [0.29, 0.717) is 18.2 Å². The second-order valence-electron chi connectivity index (χ2n) is 4.42. The van der Waals surface area contributed by atoms with Crippen molar-refractivity contribution in [2.45, 2.75) is 19.0 Å². The van der Waals surface area contributed by atoms with Gasteiger partial charge >= 0.3 is 0 Å². The van der Waals surface area contributed by atoms with Crippen molar-refractivity contribution in [3.05, 3.63) is 34.6 Å². The first-order valence-electron chi connectivity index (χ1n) is 5.86. The zero-order valence-electron chi connectivity index (χ0n) is 11.0. The summed E-state index contributed by atoms with van der Waals surface area (Å²) in [6, 6.07) is 4.61. The average Bonchev–Trinajstić information content (AvgIpc) is 2.28. The lowest BCUT2D eigenvalue weighted by atomic mass is 10.0. The van der Waals surface area contributed by atoms with Crippen LogP contribution in [-0.4, -0.2) is 38.3 Å². The van der Waals surface area contributed by atoms with E-state index in [9.17, 15) is 4.39 Å². The number of halogens is 2. The molecular formula is C13H20ClFN2O. The molecule has 1 rings (SSSR count). The van der Waals surface area contributed by atoms with E-state index in [1.165, 1.54) is 12.1 Å². The highest BCUT2D eigenvalue weighted by atomic mass is 35.5. The van der Waals surface area contributed by atoms with Gasteiger partial charge in [0.05, 0.1) is 6.61 Å². The Hall–Kier alpha value is -0.680. The summed E-state index contributed by atoms with van der Waals surface area (Å²) < 4.78 is 18.5. The third-order valence-electron chi connectivity index (χ3n) is 3.09. The fourth-order valence-electron chi connectivity index (χ4n) is 1.97. The number of benzene rings is 1. The molecule has 2 atom stereocenters. The third kappa shape index (κ3) is 3.92. The largest absolute Gasteiger partial charge is 0.383 e.